The van der Waals surface area contributed by atoms with Gasteiger partial charge in [0.2, 0.25) is 5.91 Å². The molecule has 1 aliphatic carbocycles. The number of carboxylic acids is 1. The molecule has 2 rings (SSSR count). The van der Waals surface area contributed by atoms with Gasteiger partial charge in [-0.1, -0.05) is 11.6 Å². The van der Waals surface area contributed by atoms with Crippen LogP contribution in [0, 0.1) is 0 Å². The molecule has 0 aliphatic heterocycles. The zero-order chi connectivity index (χ0) is 15.6. The van der Waals surface area contributed by atoms with Crippen LogP contribution in [0.15, 0.2) is 18.2 Å². The molecule has 3 N–H and O–H groups in total. The lowest BCUT2D eigenvalue weighted by Gasteiger charge is -2.38. The molecule has 0 atom stereocenters. The highest BCUT2D eigenvalue weighted by Gasteiger charge is 2.45. The third-order valence-electron chi connectivity index (χ3n) is 3.50. The normalized spacial score (nSPS) is 15.7. The van der Waals surface area contributed by atoms with Crippen molar-refractivity contribution in [1.29, 1.82) is 0 Å². The quantitative estimate of drug-likeness (QED) is 0.793. The van der Waals surface area contributed by atoms with Crippen molar-refractivity contribution in [3.63, 3.8) is 0 Å². The second kappa shape index (κ2) is 5.73. The summed E-state index contributed by atoms with van der Waals surface area (Å²) < 4.78 is 0. The molecule has 1 saturated carbocycles. The first-order valence-corrected chi connectivity index (χ1v) is 6.85. The van der Waals surface area contributed by atoms with Crippen LogP contribution in [0.5, 0.6) is 0 Å². The van der Waals surface area contributed by atoms with Crippen LogP contribution in [0.1, 0.15) is 36.5 Å². The summed E-state index contributed by atoms with van der Waals surface area (Å²) in [4.78, 5) is 34.5. The Hall–Kier alpha value is -2.08. The van der Waals surface area contributed by atoms with Crippen molar-refractivity contribution in [2.45, 2.75) is 31.7 Å². The third kappa shape index (κ3) is 3.16. The van der Waals surface area contributed by atoms with Gasteiger partial charge >= 0.3 is 5.97 Å². The highest BCUT2D eigenvalue weighted by Crippen LogP contribution is 2.33. The van der Waals surface area contributed by atoms with Crippen LogP contribution in [0.4, 0.5) is 5.69 Å². The number of hydrogen-bond acceptors (Lipinski definition) is 3. The number of aliphatic carboxylic acids is 1. The lowest BCUT2D eigenvalue weighted by Crippen LogP contribution is -2.59. The smallest absolute Gasteiger partial charge is 0.329 e. The summed E-state index contributed by atoms with van der Waals surface area (Å²) in [7, 11) is 0. The minimum atomic E-state index is -1.20. The first-order chi connectivity index (χ1) is 9.84. The molecule has 7 heteroatoms. The monoisotopic (exact) mass is 310 g/mol. The van der Waals surface area contributed by atoms with Crippen LogP contribution in [-0.4, -0.2) is 28.4 Å². The van der Waals surface area contributed by atoms with Crippen LogP contribution in [0.3, 0.4) is 0 Å². The van der Waals surface area contributed by atoms with E-state index in [4.69, 9.17) is 11.6 Å². The van der Waals surface area contributed by atoms with Gasteiger partial charge in [0.15, 0.2) is 0 Å². The van der Waals surface area contributed by atoms with E-state index in [2.05, 4.69) is 10.6 Å². The van der Waals surface area contributed by atoms with Gasteiger partial charge in [0.05, 0.1) is 10.6 Å². The summed E-state index contributed by atoms with van der Waals surface area (Å²) in [5.74, 6) is -1.88. The molecular formula is C14H15ClN2O4. The highest BCUT2D eigenvalue weighted by atomic mass is 35.5. The summed E-state index contributed by atoms with van der Waals surface area (Å²) in [6, 6.07) is 4.47. The summed E-state index contributed by atoms with van der Waals surface area (Å²) in [5.41, 5.74) is -0.643. The lowest BCUT2D eigenvalue weighted by molar-refractivity contribution is -0.148. The predicted molar refractivity (Wildman–Crippen MR) is 77.4 cm³/mol. The largest absolute Gasteiger partial charge is 0.480 e. The van der Waals surface area contributed by atoms with E-state index in [0.29, 0.717) is 18.5 Å². The molecule has 1 aromatic carbocycles. The molecule has 1 fully saturated rings. The van der Waals surface area contributed by atoms with E-state index in [1.807, 2.05) is 0 Å². The molecule has 0 spiro atoms. The summed E-state index contributed by atoms with van der Waals surface area (Å²) in [6.45, 7) is 1.35. The fourth-order valence-electron chi connectivity index (χ4n) is 2.19. The zero-order valence-electron chi connectivity index (χ0n) is 11.4. The van der Waals surface area contributed by atoms with E-state index >= 15 is 0 Å². The van der Waals surface area contributed by atoms with Gasteiger partial charge in [-0.25, -0.2) is 4.79 Å². The van der Waals surface area contributed by atoms with Crippen LogP contribution >= 0.6 is 11.6 Å². The number of halogens is 1. The highest BCUT2D eigenvalue weighted by molar-refractivity contribution is 6.34. The Kier molecular flexibility index (Phi) is 4.18. The maximum atomic E-state index is 12.2. The van der Waals surface area contributed by atoms with Gasteiger partial charge in [-0.05, 0) is 37.5 Å². The molecule has 21 heavy (non-hydrogen) atoms. The number of carbonyl (C=O) groups excluding carboxylic acids is 2. The van der Waals surface area contributed by atoms with E-state index < -0.39 is 17.4 Å². The van der Waals surface area contributed by atoms with E-state index in [1.54, 1.807) is 6.07 Å². The molecule has 0 unspecified atom stereocenters. The van der Waals surface area contributed by atoms with Crippen LogP contribution in [0.2, 0.25) is 5.02 Å². The number of hydrogen-bond donors (Lipinski definition) is 3. The molecule has 0 bridgehead atoms. The van der Waals surface area contributed by atoms with Crippen molar-refractivity contribution in [2.24, 2.45) is 0 Å². The molecule has 1 aliphatic rings. The fraction of sp³-hybridized carbons (Fsp3) is 0.357. The van der Waals surface area contributed by atoms with Gasteiger partial charge in [0.1, 0.15) is 5.54 Å². The van der Waals surface area contributed by atoms with Crippen molar-refractivity contribution in [3.05, 3.63) is 28.8 Å². The molecule has 0 saturated heterocycles. The Balaban J connectivity index is 2.22. The molecule has 0 heterocycles. The van der Waals surface area contributed by atoms with Crippen molar-refractivity contribution < 1.29 is 19.5 Å². The first kappa shape index (κ1) is 15.3. The molecule has 6 nitrogen and oxygen atoms in total. The SMILES string of the molecule is CC(=O)Nc1ccc(Cl)c(C(=O)NC2(C(=O)O)CCC2)c1. The van der Waals surface area contributed by atoms with E-state index in [-0.39, 0.29) is 16.5 Å². The predicted octanol–water partition coefficient (Wildman–Crippen LogP) is 2.04. The number of amides is 2. The van der Waals surface area contributed by atoms with E-state index in [0.717, 1.165) is 6.42 Å². The van der Waals surface area contributed by atoms with Gasteiger partial charge < -0.3 is 15.7 Å². The van der Waals surface area contributed by atoms with Gasteiger partial charge in [-0.3, -0.25) is 9.59 Å². The summed E-state index contributed by atoms with van der Waals surface area (Å²) in [6.07, 6.45) is 1.56. The number of anilines is 1. The maximum Gasteiger partial charge on any atom is 0.329 e. The summed E-state index contributed by atoms with van der Waals surface area (Å²) in [5, 5.41) is 14.5. The molecule has 1 aromatic rings. The van der Waals surface area contributed by atoms with Gasteiger partial charge in [-0.2, -0.15) is 0 Å². The van der Waals surface area contributed by atoms with Crippen LogP contribution in [0.25, 0.3) is 0 Å². The van der Waals surface area contributed by atoms with E-state index in [1.165, 1.54) is 19.1 Å². The number of carbonyl (C=O) groups is 3. The molecule has 112 valence electrons. The third-order valence-corrected chi connectivity index (χ3v) is 3.83. The van der Waals surface area contributed by atoms with Crippen molar-refractivity contribution in [3.8, 4) is 0 Å². The van der Waals surface area contributed by atoms with Crippen LogP contribution < -0.4 is 10.6 Å². The number of carboxylic acid groups (broad SMARTS) is 1. The average Bonchev–Trinajstić information content (AvgIpc) is 2.34. The van der Waals surface area contributed by atoms with Crippen molar-refractivity contribution in [2.75, 3.05) is 5.32 Å². The molecule has 0 aromatic heterocycles. The number of benzene rings is 1. The second-order valence-electron chi connectivity index (χ2n) is 5.07. The zero-order valence-corrected chi connectivity index (χ0v) is 12.2. The van der Waals surface area contributed by atoms with Gasteiger partial charge in [0, 0.05) is 12.6 Å². The number of rotatable bonds is 4. The van der Waals surface area contributed by atoms with Crippen LogP contribution in [-0.2, 0) is 9.59 Å². The van der Waals surface area contributed by atoms with E-state index in [9.17, 15) is 19.5 Å². The van der Waals surface area contributed by atoms with Gasteiger partial charge in [-0.15, -0.1) is 0 Å². The Morgan fingerprint density at radius 3 is 2.43 bits per heavy atom. The molecule has 0 radical (unpaired) electrons. The Morgan fingerprint density at radius 1 is 1.29 bits per heavy atom. The Bertz CT molecular complexity index is 611. The average molecular weight is 311 g/mol. The molecule has 2 amide bonds. The first-order valence-electron chi connectivity index (χ1n) is 6.47. The van der Waals surface area contributed by atoms with Gasteiger partial charge in [0.25, 0.3) is 5.91 Å². The van der Waals surface area contributed by atoms with Crippen molar-refractivity contribution >= 4 is 35.1 Å². The minimum Gasteiger partial charge on any atom is -0.480 e. The lowest BCUT2D eigenvalue weighted by atomic mass is 9.76. The molecular weight excluding hydrogens is 296 g/mol. The minimum absolute atomic E-state index is 0.135. The summed E-state index contributed by atoms with van der Waals surface area (Å²) >= 11 is 5.98. The fourth-order valence-corrected chi connectivity index (χ4v) is 2.39. The Morgan fingerprint density at radius 2 is 1.95 bits per heavy atom. The van der Waals surface area contributed by atoms with Crippen molar-refractivity contribution in [1.82, 2.24) is 5.32 Å². The Labute approximate surface area is 126 Å². The topological polar surface area (TPSA) is 95.5 Å². The maximum absolute atomic E-state index is 12.2. The number of nitrogens with one attached hydrogen (secondary N) is 2. The standard InChI is InChI=1S/C14H15ClN2O4/c1-8(18)16-9-3-4-11(15)10(7-9)12(19)17-14(13(20)21)5-2-6-14/h3-4,7H,2,5-6H2,1H3,(H,16,18)(H,17,19)(H,20,21). The second-order valence-corrected chi connectivity index (χ2v) is 5.48.